The molecule has 0 saturated carbocycles. The molecule has 0 saturated heterocycles. The maximum absolute atomic E-state index is 11.9. The summed E-state index contributed by atoms with van der Waals surface area (Å²) in [7, 11) is 4.16. The predicted octanol–water partition coefficient (Wildman–Crippen LogP) is 4.26. The van der Waals surface area contributed by atoms with Gasteiger partial charge >= 0.3 is 11.9 Å². The van der Waals surface area contributed by atoms with E-state index in [4.69, 9.17) is 18.6 Å². The number of ether oxygens (including phenoxy) is 3. The van der Waals surface area contributed by atoms with Crippen molar-refractivity contribution in [1.29, 1.82) is 5.26 Å². The highest BCUT2D eigenvalue weighted by atomic mass is 16.5. The first-order valence-corrected chi connectivity index (χ1v) is 9.53. The van der Waals surface area contributed by atoms with Crippen LogP contribution in [-0.2, 0) is 24.5 Å². The van der Waals surface area contributed by atoms with E-state index in [0.29, 0.717) is 22.5 Å². The number of nitrogens with zero attached hydrogens (tertiary/aromatic N) is 1. The van der Waals surface area contributed by atoms with Gasteiger partial charge < -0.3 is 18.6 Å². The summed E-state index contributed by atoms with van der Waals surface area (Å²) >= 11 is 0. The Kier molecular flexibility index (Phi) is 6.26. The van der Waals surface area contributed by atoms with Gasteiger partial charge in [0.2, 0.25) is 0 Å². The molecule has 156 valence electrons. The Morgan fingerprint density at radius 1 is 1.00 bits per heavy atom. The molecule has 1 aromatic heterocycles. The van der Waals surface area contributed by atoms with Crippen LogP contribution in [0.3, 0.4) is 0 Å². The minimum Gasteiger partial charge on any atom is -0.493 e. The SMILES string of the molecule is COC(=O)CCC(C#N)(CCC(=O)OC)c1ccc(OC)c2oc3ccccc3c12. The maximum Gasteiger partial charge on any atom is 0.305 e. The van der Waals surface area contributed by atoms with Gasteiger partial charge in [-0.1, -0.05) is 24.3 Å². The topological polar surface area (TPSA) is 98.8 Å². The van der Waals surface area contributed by atoms with Crippen LogP contribution in [0.1, 0.15) is 31.2 Å². The molecule has 7 nitrogen and oxygen atoms in total. The smallest absolute Gasteiger partial charge is 0.305 e. The van der Waals surface area contributed by atoms with Crippen LogP contribution in [0.4, 0.5) is 0 Å². The Labute approximate surface area is 174 Å². The Balaban J connectivity index is 2.24. The Morgan fingerprint density at radius 3 is 2.20 bits per heavy atom. The number of rotatable bonds is 8. The van der Waals surface area contributed by atoms with E-state index in [-0.39, 0.29) is 25.7 Å². The monoisotopic (exact) mass is 409 g/mol. The normalized spacial score (nSPS) is 11.3. The van der Waals surface area contributed by atoms with Crippen LogP contribution in [0, 0.1) is 11.3 Å². The number of carbonyl (C=O) groups is 2. The van der Waals surface area contributed by atoms with E-state index >= 15 is 0 Å². The van der Waals surface area contributed by atoms with Gasteiger partial charge in [0.25, 0.3) is 0 Å². The zero-order valence-electron chi connectivity index (χ0n) is 17.2. The van der Waals surface area contributed by atoms with Crippen molar-refractivity contribution in [3.63, 3.8) is 0 Å². The fourth-order valence-corrected chi connectivity index (χ4v) is 3.77. The van der Waals surface area contributed by atoms with E-state index < -0.39 is 17.4 Å². The molecule has 7 heteroatoms. The number of benzene rings is 2. The molecule has 0 atom stereocenters. The van der Waals surface area contributed by atoms with Crippen molar-refractivity contribution >= 4 is 33.9 Å². The molecular formula is C23H23NO6. The molecule has 1 heterocycles. The van der Waals surface area contributed by atoms with Gasteiger partial charge in [-0.3, -0.25) is 9.59 Å². The van der Waals surface area contributed by atoms with E-state index in [1.165, 1.54) is 14.2 Å². The molecule has 0 unspecified atom stereocenters. The van der Waals surface area contributed by atoms with Crippen molar-refractivity contribution < 1.29 is 28.2 Å². The summed E-state index contributed by atoms with van der Waals surface area (Å²) in [5, 5.41) is 11.8. The summed E-state index contributed by atoms with van der Waals surface area (Å²) in [4.78, 5) is 23.7. The minimum atomic E-state index is -1.13. The Hall–Kier alpha value is -3.53. The van der Waals surface area contributed by atoms with Gasteiger partial charge in [0.05, 0.1) is 32.8 Å². The number of nitriles is 1. The van der Waals surface area contributed by atoms with Crippen LogP contribution >= 0.6 is 0 Å². The molecule has 3 aromatic rings. The summed E-state index contributed by atoms with van der Waals surface area (Å²) in [5.74, 6) is -0.304. The van der Waals surface area contributed by atoms with Crippen molar-refractivity contribution in [1.82, 2.24) is 0 Å². The molecule has 0 aliphatic rings. The molecule has 0 spiro atoms. The summed E-state index contributed by atoms with van der Waals surface area (Å²) in [6.07, 6.45) is 0.450. The Morgan fingerprint density at radius 2 is 1.63 bits per heavy atom. The molecule has 0 amide bonds. The molecule has 30 heavy (non-hydrogen) atoms. The quantitative estimate of drug-likeness (QED) is 0.513. The molecule has 0 aliphatic heterocycles. The molecule has 0 radical (unpaired) electrons. The molecule has 3 rings (SSSR count). The fourth-order valence-electron chi connectivity index (χ4n) is 3.77. The van der Waals surface area contributed by atoms with Gasteiger partial charge in [0.15, 0.2) is 11.3 Å². The van der Waals surface area contributed by atoms with Crippen LogP contribution in [-0.4, -0.2) is 33.3 Å². The third-order valence-corrected chi connectivity index (χ3v) is 5.41. The molecule has 0 bridgehead atoms. The number of hydrogen-bond acceptors (Lipinski definition) is 7. The first-order chi connectivity index (χ1) is 14.5. The van der Waals surface area contributed by atoms with E-state index in [0.717, 1.165) is 10.8 Å². The largest absolute Gasteiger partial charge is 0.493 e. The summed E-state index contributed by atoms with van der Waals surface area (Å²) in [6, 6.07) is 13.4. The van der Waals surface area contributed by atoms with Crippen LogP contribution in [0.2, 0.25) is 0 Å². The highest BCUT2D eigenvalue weighted by Gasteiger charge is 2.37. The van der Waals surface area contributed by atoms with E-state index in [1.54, 1.807) is 19.2 Å². The molecular weight excluding hydrogens is 386 g/mol. The number of carbonyl (C=O) groups excluding carboxylic acids is 2. The average Bonchev–Trinajstić information content (AvgIpc) is 3.18. The second-order valence-electron chi connectivity index (χ2n) is 6.96. The first kappa shape index (κ1) is 21.2. The number of fused-ring (bicyclic) bond motifs is 3. The molecule has 0 aliphatic carbocycles. The maximum atomic E-state index is 11.9. The number of para-hydroxylation sites is 1. The van der Waals surface area contributed by atoms with Gasteiger partial charge in [-0.2, -0.15) is 5.26 Å². The van der Waals surface area contributed by atoms with Gasteiger partial charge in [-0.05, 0) is 30.5 Å². The highest BCUT2D eigenvalue weighted by Crippen LogP contribution is 2.44. The van der Waals surface area contributed by atoms with E-state index in [2.05, 4.69) is 6.07 Å². The highest BCUT2D eigenvalue weighted by molar-refractivity contribution is 6.09. The van der Waals surface area contributed by atoms with Crippen molar-refractivity contribution in [3.8, 4) is 11.8 Å². The number of methoxy groups -OCH3 is 3. The lowest BCUT2D eigenvalue weighted by atomic mass is 9.73. The first-order valence-electron chi connectivity index (χ1n) is 9.53. The van der Waals surface area contributed by atoms with Gasteiger partial charge in [0.1, 0.15) is 5.58 Å². The van der Waals surface area contributed by atoms with Crippen molar-refractivity contribution in [2.45, 2.75) is 31.1 Å². The van der Waals surface area contributed by atoms with Crippen molar-refractivity contribution in [3.05, 3.63) is 42.0 Å². The van der Waals surface area contributed by atoms with Crippen LogP contribution < -0.4 is 4.74 Å². The van der Waals surface area contributed by atoms with Crippen molar-refractivity contribution in [2.75, 3.05) is 21.3 Å². The molecule has 0 fully saturated rings. The van der Waals surface area contributed by atoms with Crippen molar-refractivity contribution in [2.24, 2.45) is 0 Å². The second kappa shape index (κ2) is 8.87. The summed E-state index contributed by atoms with van der Waals surface area (Å²) in [5.41, 5.74) is 0.732. The fraction of sp³-hybridized carbons (Fsp3) is 0.348. The lowest BCUT2D eigenvalue weighted by molar-refractivity contribution is -0.141. The number of hydrogen-bond donors (Lipinski definition) is 0. The van der Waals surface area contributed by atoms with Crippen LogP contribution in [0.5, 0.6) is 5.75 Å². The van der Waals surface area contributed by atoms with Crippen LogP contribution in [0.25, 0.3) is 21.9 Å². The summed E-state index contributed by atoms with van der Waals surface area (Å²) in [6.45, 7) is 0. The molecule has 0 N–H and O–H groups in total. The van der Waals surface area contributed by atoms with Gasteiger partial charge in [-0.25, -0.2) is 0 Å². The third-order valence-electron chi connectivity index (χ3n) is 5.41. The third kappa shape index (κ3) is 3.81. The van der Waals surface area contributed by atoms with E-state index in [1.807, 2.05) is 24.3 Å². The second-order valence-corrected chi connectivity index (χ2v) is 6.96. The van der Waals surface area contributed by atoms with Crippen LogP contribution in [0.15, 0.2) is 40.8 Å². The average molecular weight is 409 g/mol. The van der Waals surface area contributed by atoms with Gasteiger partial charge in [0, 0.05) is 23.6 Å². The summed E-state index contributed by atoms with van der Waals surface area (Å²) < 4.78 is 21.0. The Bertz CT molecular complexity index is 1100. The number of esters is 2. The lowest BCUT2D eigenvalue weighted by Gasteiger charge is -2.27. The predicted molar refractivity (Wildman–Crippen MR) is 110 cm³/mol. The number of furan rings is 1. The lowest BCUT2D eigenvalue weighted by Crippen LogP contribution is -2.27. The zero-order chi connectivity index (χ0) is 21.7. The zero-order valence-corrected chi connectivity index (χ0v) is 17.2. The standard InChI is InChI=1S/C23H23NO6/c1-27-18-9-8-16(21-15-6-4-5-7-17(15)30-22(18)21)23(14-24,12-10-19(25)28-2)13-11-20(26)29-3/h4-9H,10-13H2,1-3H3. The van der Waals surface area contributed by atoms with Gasteiger partial charge in [-0.15, -0.1) is 0 Å². The van der Waals surface area contributed by atoms with E-state index in [9.17, 15) is 14.9 Å². The minimum absolute atomic E-state index is 0.0362. The molecule has 2 aromatic carbocycles.